The van der Waals surface area contributed by atoms with Crippen molar-refractivity contribution in [2.75, 3.05) is 0 Å². The molecule has 13 heavy (non-hydrogen) atoms. The Morgan fingerprint density at radius 1 is 1.00 bits per heavy atom. The largest absolute Gasteiger partial charge is 0.160 e. The standard InChI is InChI=1S/C8H9Br5/c9-7(10,8(11,12)13)6-4-2-1-3-5-6/h2,5-6H,1,3-4H2. The molecule has 0 aromatic carbocycles. The molecule has 0 saturated heterocycles. The van der Waals surface area contributed by atoms with Crippen LogP contribution in [0.25, 0.3) is 0 Å². The van der Waals surface area contributed by atoms with Crippen LogP contribution < -0.4 is 0 Å². The van der Waals surface area contributed by atoms with Gasteiger partial charge in [-0.3, -0.25) is 0 Å². The molecule has 0 spiro atoms. The zero-order chi connectivity index (χ0) is 10.1. The fourth-order valence-electron chi connectivity index (χ4n) is 1.32. The first-order valence-corrected chi connectivity index (χ1v) is 7.91. The molecule has 1 atom stereocenters. The average Bonchev–Trinajstić information content (AvgIpc) is 2.04. The number of halogens is 5. The highest BCUT2D eigenvalue weighted by atomic mass is 80.0. The molecule has 0 bridgehead atoms. The Morgan fingerprint density at radius 3 is 2.00 bits per heavy atom. The first-order chi connectivity index (χ1) is 5.86. The zero-order valence-electron chi connectivity index (χ0n) is 6.74. The van der Waals surface area contributed by atoms with E-state index < -0.39 is 0 Å². The van der Waals surface area contributed by atoms with E-state index in [1.165, 1.54) is 6.42 Å². The fourth-order valence-corrected chi connectivity index (χ4v) is 2.94. The van der Waals surface area contributed by atoms with Gasteiger partial charge < -0.3 is 0 Å². The van der Waals surface area contributed by atoms with Gasteiger partial charge in [0.05, 0.1) is 0 Å². The SMILES string of the molecule is BrC(Br)(Br)C(Br)(Br)C1[CH]CC[CH]C1. The molecule has 0 aliphatic heterocycles. The lowest BCUT2D eigenvalue weighted by Crippen LogP contribution is -2.38. The van der Waals surface area contributed by atoms with E-state index >= 15 is 0 Å². The molecule has 1 aliphatic rings. The fraction of sp³-hybridized carbons (Fsp3) is 0.750. The van der Waals surface area contributed by atoms with Gasteiger partial charge in [0.1, 0.15) is 3.23 Å². The molecule has 0 nitrogen and oxygen atoms in total. The zero-order valence-corrected chi connectivity index (χ0v) is 14.7. The Balaban J connectivity index is 2.67. The Kier molecular flexibility index (Phi) is 5.34. The maximum absolute atomic E-state index is 3.69. The Labute approximate surface area is 122 Å². The summed E-state index contributed by atoms with van der Waals surface area (Å²) in [6.07, 6.45) is 8.14. The van der Waals surface area contributed by atoms with Crippen molar-refractivity contribution in [3.05, 3.63) is 12.8 Å². The van der Waals surface area contributed by atoms with E-state index in [4.69, 9.17) is 0 Å². The summed E-state index contributed by atoms with van der Waals surface area (Å²) in [4.78, 5) is 0. The summed E-state index contributed by atoms with van der Waals surface area (Å²) in [5, 5.41) is 0. The van der Waals surface area contributed by atoms with Crippen molar-refractivity contribution < 1.29 is 0 Å². The summed E-state index contributed by atoms with van der Waals surface area (Å²) in [6, 6.07) is 0. The smallest absolute Gasteiger partial charge is 0.0689 e. The molecule has 0 N–H and O–H groups in total. The van der Waals surface area contributed by atoms with E-state index in [-0.39, 0.29) is 5.38 Å². The van der Waals surface area contributed by atoms with E-state index in [2.05, 4.69) is 92.5 Å². The third-order valence-corrected chi connectivity index (χ3v) is 9.52. The van der Waals surface area contributed by atoms with Crippen molar-refractivity contribution in [2.24, 2.45) is 5.92 Å². The van der Waals surface area contributed by atoms with Gasteiger partial charge in [-0.25, -0.2) is 0 Å². The Hall–Kier alpha value is 2.40. The van der Waals surface area contributed by atoms with Gasteiger partial charge in [0.25, 0.3) is 0 Å². The van der Waals surface area contributed by atoms with Crippen LogP contribution >= 0.6 is 79.6 Å². The van der Waals surface area contributed by atoms with Crippen molar-refractivity contribution >= 4 is 79.6 Å². The molecule has 1 fully saturated rings. The lowest BCUT2D eigenvalue weighted by Gasteiger charge is -2.38. The minimum absolute atomic E-state index is 0.204. The summed E-state index contributed by atoms with van der Waals surface area (Å²) in [5.74, 6) is 0.472. The van der Waals surface area contributed by atoms with Crippen LogP contribution in [0.2, 0.25) is 0 Å². The maximum Gasteiger partial charge on any atom is 0.160 e. The first kappa shape index (κ1) is 13.5. The van der Waals surface area contributed by atoms with Crippen LogP contribution in [0.3, 0.4) is 0 Å². The first-order valence-electron chi connectivity index (χ1n) is 3.95. The van der Waals surface area contributed by atoms with Gasteiger partial charge in [0.15, 0.2) is 2.14 Å². The summed E-state index contributed by atoms with van der Waals surface area (Å²) in [6.45, 7) is 0. The van der Waals surface area contributed by atoms with Crippen molar-refractivity contribution in [1.82, 2.24) is 0 Å². The highest BCUT2D eigenvalue weighted by molar-refractivity contribution is 9.41. The molecule has 0 amide bonds. The van der Waals surface area contributed by atoms with Gasteiger partial charge >= 0.3 is 0 Å². The van der Waals surface area contributed by atoms with Crippen LogP contribution in [0.15, 0.2) is 0 Å². The predicted molar refractivity (Wildman–Crippen MR) is 76.0 cm³/mol. The Morgan fingerprint density at radius 2 is 1.62 bits per heavy atom. The van der Waals surface area contributed by atoms with Gasteiger partial charge in [-0.1, -0.05) is 79.6 Å². The van der Waals surface area contributed by atoms with Crippen molar-refractivity contribution in [2.45, 2.75) is 24.6 Å². The normalized spacial score (nSPS) is 21.9. The van der Waals surface area contributed by atoms with Gasteiger partial charge in [-0.2, -0.15) is 0 Å². The van der Waals surface area contributed by atoms with Crippen LogP contribution in [0.1, 0.15) is 19.3 Å². The average molecular weight is 505 g/mol. The Bertz CT molecular complexity index is 166. The van der Waals surface area contributed by atoms with Crippen molar-refractivity contribution in [3.63, 3.8) is 0 Å². The third kappa shape index (κ3) is 3.43. The minimum atomic E-state index is -0.327. The van der Waals surface area contributed by atoms with Gasteiger partial charge in [0.2, 0.25) is 0 Å². The second-order valence-electron chi connectivity index (χ2n) is 3.06. The molecule has 0 heterocycles. The minimum Gasteiger partial charge on any atom is -0.0689 e. The maximum atomic E-state index is 3.69. The number of hydrogen-bond acceptors (Lipinski definition) is 0. The van der Waals surface area contributed by atoms with Crippen molar-refractivity contribution in [1.29, 1.82) is 0 Å². The van der Waals surface area contributed by atoms with Gasteiger partial charge in [-0.05, 0) is 38.0 Å². The molecule has 1 aliphatic carbocycles. The molecular formula is C8H9Br5. The van der Waals surface area contributed by atoms with Gasteiger partial charge in [-0.15, -0.1) is 0 Å². The lowest BCUT2D eigenvalue weighted by molar-refractivity contribution is 0.496. The monoisotopic (exact) mass is 500 g/mol. The molecule has 2 radical (unpaired) electrons. The summed E-state index contributed by atoms with van der Waals surface area (Å²) < 4.78 is -0.531. The molecular weight excluding hydrogens is 496 g/mol. The highest BCUT2D eigenvalue weighted by Crippen LogP contribution is 2.58. The van der Waals surface area contributed by atoms with Crippen LogP contribution in [0.5, 0.6) is 0 Å². The molecule has 1 rings (SSSR count). The second kappa shape index (κ2) is 5.15. The predicted octanol–water partition coefficient (Wildman–Crippen LogP) is 5.52. The molecule has 1 saturated carbocycles. The molecule has 0 aromatic rings. The lowest BCUT2D eigenvalue weighted by atomic mass is 9.87. The van der Waals surface area contributed by atoms with Crippen LogP contribution in [0.4, 0.5) is 0 Å². The second-order valence-corrected chi connectivity index (χ2v) is 13.4. The highest BCUT2D eigenvalue weighted by Gasteiger charge is 2.48. The summed E-state index contributed by atoms with van der Waals surface area (Å²) in [5.41, 5.74) is 0. The van der Waals surface area contributed by atoms with Crippen LogP contribution in [-0.4, -0.2) is 5.38 Å². The van der Waals surface area contributed by atoms with E-state index in [0.717, 1.165) is 12.8 Å². The summed E-state index contributed by atoms with van der Waals surface area (Å²) in [7, 11) is 0. The quantitative estimate of drug-likeness (QED) is 0.413. The van der Waals surface area contributed by atoms with E-state index in [1.807, 2.05) is 0 Å². The third-order valence-electron chi connectivity index (χ3n) is 2.09. The molecule has 76 valence electrons. The van der Waals surface area contributed by atoms with E-state index in [9.17, 15) is 0 Å². The van der Waals surface area contributed by atoms with E-state index in [1.54, 1.807) is 0 Å². The number of hydrogen-bond donors (Lipinski definition) is 0. The molecule has 5 heteroatoms. The topological polar surface area (TPSA) is 0 Å². The summed E-state index contributed by atoms with van der Waals surface area (Å²) >= 11 is 18.0. The van der Waals surface area contributed by atoms with Crippen molar-refractivity contribution in [3.8, 4) is 0 Å². The van der Waals surface area contributed by atoms with E-state index in [0.29, 0.717) is 5.92 Å². The van der Waals surface area contributed by atoms with Gasteiger partial charge in [0, 0.05) is 0 Å². The number of alkyl halides is 5. The van der Waals surface area contributed by atoms with Crippen LogP contribution in [0, 0.1) is 18.8 Å². The number of rotatable bonds is 1. The molecule has 1 unspecified atom stereocenters. The van der Waals surface area contributed by atoms with Crippen LogP contribution in [-0.2, 0) is 0 Å². The molecule has 0 aromatic heterocycles.